The number of hydrogen-bond acceptors (Lipinski definition) is 2. The fourth-order valence-electron chi connectivity index (χ4n) is 2.18. The van der Waals surface area contributed by atoms with Gasteiger partial charge in [-0.2, -0.15) is 0 Å². The summed E-state index contributed by atoms with van der Waals surface area (Å²) < 4.78 is 0.744. The normalized spacial score (nSPS) is 10.3. The van der Waals surface area contributed by atoms with E-state index in [0.29, 0.717) is 5.69 Å². The molecular weight excluding hydrogens is 304 g/mol. The number of nitrogens with one attached hydrogen (secondary N) is 1. The van der Waals surface area contributed by atoms with Crippen molar-refractivity contribution in [1.29, 1.82) is 0 Å². The molecular formula is C15H15BrN2O. The lowest BCUT2D eigenvalue weighted by molar-refractivity contribution is 0.102. The van der Waals surface area contributed by atoms with Gasteiger partial charge in [0.25, 0.3) is 5.91 Å². The summed E-state index contributed by atoms with van der Waals surface area (Å²) in [4.78, 5) is 16.4. The lowest BCUT2D eigenvalue weighted by Crippen LogP contribution is -2.15. The van der Waals surface area contributed by atoms with Crippen molar-refractivity contribution in [2.24, 2.45) is 0 Å². The smallest absolute Gasteiger partial charge is 0.256 e. The van der Waals surface area contributed by atoms with Crippen LogP contribution in [-0.2, 0) is 0 Å². The van der Waals surface area contributed by atoms with E-state index in [-0.39, 0.29) is 5.91 Å². The van der Waals surface area contributed by atoms with Crippen molar-refractivity contribution in [3.05, 3.63) is 57.3 Å². The van der Waals surface area contributed by atoms with Crippen LogP contribution in [0.3, 0.4) is 0 Å². The quantitative estimate of drug-likeness (QED) is 0.850. The van der Waals surface area contributed by atoms with Gasteiger partial charge in [-0.05, 0) is 60.0 Å². The molecule has 1 aromatic heterocycles. The van der Waals surface area contributed by atoms with Crippen LogP contribution in [0.1, 0.15) is 27.0 Å². The van der Waals surface area contributed by atoms with Gasteiger partial charge in [-0.3, -0.25) is 4.79 Å². The Morgan fingerprint density at radius 2 is 1.79 bits per heavy atom. The summed E-state index contributed by atoms with van der Waals surface area (Å²) in [5.41, 5.74) is 4.55. The second-order valence-electron chi connectivity index (χ2n) is 4.60. The van der Waals surface area contributed by atoms with Crippen molar-refractivity contribution in [2.45, 2.75) is 20.8 Å². The van der Waals surface area contributed by atoms with E-state index in [2.05, 4.69) is 26.2 Å². The van der Waals surface area contributed by atoms with E-state index >= 15 is 0 Å². The van der Waals surface area contributed by atoms with Gasteiger partial charge in [-0.25, -0.2) is 4.98 Å². The van der Waals surface area contributed by atoms with Crippen LogP contribution < -0.4 is 5.32 Å². The molecule has 0 fully saturated rings. The second-order valence-corrected chi connectivity index (χ2v) is 5.41. The zero-order chi connectivity index (χ0) is 14.0. The molecule has 1 N–H and O–H groups in total. The fraction of sp³-hybridized carbons (Fsp3) is 0.200. The van der Waals surface area contributed by atoms with Crippen molar-refractivity contribution in [3.8, 4) is 0 Å². The molecule has 0 unspecified atom stereocenters. The van der Waals surface area contributed by atoms with Crippen molar-refractivity contribution in [2.75, 3.05) is 5.32 Å². The summed E-state index contributed by atoms with van der Waals surface area (Å²) in [6, 6.07) is 7.64. The summed E-state index contributed by atoms with van der Waals surface area (Å²) in [5.74, 6) is -0.0980. The Balaban J connectivity index is 2.28. The first-order valence-electron chi connectivity index (χ1n) is 5.98. The largest absolute Gasteiger partial charge is 0.321 e. The van der Waals surface area contributed by atoms with Gasteiger partial charge in [-0.1, -0.05) is 17.7 Å². The summed E-state index contributed by atoms with van der Waals surface area (Å²) in [6.45, 7) is 5.93. The van der Waals surface area contributed by atoms with E-state index in [1.807, 2.05) is 39.0 Å². The number of carbonyl (C=O) groups is 1. The number of pyridine rings is 1. The average molecular weight is 319 g/mol. The van der Waals surface area contributed by atoms with Crippen LogP contribution in [0.5, 0.6) is 0 Å². The number of rotatable bonds is 2. The molecule has 2 aromatic rings. The third-order valence-electron chi connectivity index (χ3n) is 2.89. The first-order chi connectivity index (χ1) is 8.97. The van der Waals surface area contributed by atoms with E-state index in [1.54, 1.807) is 12.3 Å². The Morgan fingerprint density at radius 1 is 1.16 bits per heavy atom. The maximum absolute atomic E-state index is 12.3. The predicted molar refractivity (Wildman–Crippen MR) is 80.5 cm³/mol. The molecule has 98 valence electrons. The molecule has 1 heterocycles. The van der Waals surface area contributed by atoms with Crippen molar-refractivity contribution < 1.29 is 4.79 Å². The monoisotopic (exact) mass is 318 g/mol. The molecule has 0 spiro atoms. The Morgan fingerprint density at radius 3 is 2.32 bits per heavy atom. The number of benzene rings is 1. The summed E-state index contributed by atoms with van der Waals surface area (Å²) >= 11 is 3.26. The van der Waals surface area contributed by atoms with Crippen LogP contribution in [0, 0.1) is 20.8 Å². The van der Waals surface area contributed by atoms with Gasteiger partial charge in [0, 0.05) is 5.56 Å². The van der Waals surface area contributed by atoms with Crippen molar-refractivity contribution >= 4 is 27.5 Å². The van der Waals surface area contributed by atoms with Gasteiger partial charge in [0.05, 0.1) is 11.9 Å². The molecule has 1 aromatic carbocycles. The Labute approximate surface area is 121 Å². The van der Waals surface area contributed by atoms with E-state index in [0.717, 1.165) is 26.9 Å². The minimum Gasteiger partial charge on any atom is -0.321 e. The summed E-state index contributed by atoms with van der Waals surface area (Å²) in [5, 5.41) is 2.86. The lowest BCUT2D eigenvalue weighted by Gasteiger charge is -2.11. The van der Waals surface area contributed by atoms with Crippen LogP contribution in [-0.4, -0.2) is 10.9 Å². The maximum atomic E-state index is 12.3. The Kier molecular flexibility index (Phi) is 4.00. The van der Waals surface area contributed by atoms with Gasteiger partial charge < -0.3 is 5.32 Å². The number of halogens is 1. The van der Waals surface area contributed by atoms with Gasteiger partial charge in [0.15, 0.2) is 0 Å². The van der Waals surface area contributed by atoms with E-state index < -0.39 is 0 Å². The Bertz CT molecular complexity index is 598. The zero-order valence-corrected chi connectivity index (χ0v) is 12.7. The molecule has 0 aliphatic rings. The fourth-order valence-corrected chi connectivity index (χ4v) is 2.42. The third kappa shape index (κ3) is 3.20. The first-order valence-corrected chi connectivity index (χ1v) is 6.77. The molecule has 0 aliphatic heterocycles. The lowest BCUT2D eigenvalue weighted by atomic mass is 9.99. The van der Waals surface area contributed by atoms with Crippen LogP contribution in [0.25, 0.3) is 0 Å². The van der Waals surface area contributed by atoms with Crippen molar-refractivity contribution in [1.82, 2.24) is 4.98 Å². The molecule has 0 saturated heterocycles. The highest BCUT2D eigenvalue weighted by Gasteiger charge is 2.13. The van der Waals surface area contributed by atoms with Gasteiger partial charge in [-0.15, -0.1) is 0 Å². The topological polar surface area (TPSA) is 42.0 Å². The van der Waals surface area contributed by atoms with Crippen LogP contribution in [0.4, 0.5) is 5.69 Å². The highest BCUT2D eigenvalue weighted by atomic mass is 79.9. The molecule has 0 aliphatic carbocycles. The van der Waals surface area contributed by atoms with E-state index in [1.165, 1.54) is 0 Å². The molecule has 2 rings (SSSR count). The molecule has 0 bridgehead atoms. The number of anilines is 1. The third-order valence-corrected chi connectivity index (χ3v) is 3.36. The van der Waals surface area contributed by atoms with Gasteiger partial charge in [0.2, 0.25) is 0 Å². The first kappa shape index (κ1) is 13.7. The van der Waals surface area contributed by atoms with Crippen LogP contribution in [0.2, 0.25) is 0 Å². The number of nitrogens with zero attached hydrogens (tertiary/aromatic N) is 1. The molecule has 19 heavy (non-hydrogen) atoms. The summed E-state index contributed by atoms with van der Waals surface area (Å²) in [6.07, 6.45) is 1.63. The molecule has 4 heteroatoms. The average Bonchev–Trinajstić information content (AvgIpc) is 2.30. The SMILES string of the molecule is Cc1cc(C)c(C(=O)Nc2ccc(Br)nc2)c(C)c1. The minimum absolute atomic E-state index is 0.0980. The number of aryl methyl sites for hydroxylation is 3. The van der Waals surface area contributed by atoms with Crippen molar-refractivity contribution in [3.63, 3.8) is 0 Å². The highest BCUT2D eigenvalue weighted by Crippen LogP contribution is 2.18. The van der Waals surface area contributed by atoms with Crippen LogP contribution in [0.15, 0.2) is 35.1 Å². The molecule has 1 amide bonds. The highest BCUT2D eigenvalue weighted by molar-refractivity contribution is 9.10. The Hall–Kier alpha value is -1.68. The standard InChI is InChI=1S/C15H15BrN2O/c1-9-6-10(2)14(11(3)7-9)15(19)18-12-4-5-13(16)17-8-12/h4-8H,1-3H3,(H,18,19). The van der Waals surface area contributed by atoms with E-state index in [4.69, 9.17) is 0 Å². The summed E-state index contributed by atoms with van der Waals surface area (Å²) in [7, 11) is 0. The number of amides is 1. The molecule has 0 saturated carbocycles. The van der Waals surface area contributed by atoms with Gasteiger partial charge >= 0.3 is 0 Å². The zero-order valence-electron chi connectivity index (χ0n) is 11.1. The molecule has 0 radical (unpaired) electrons. The molecule has 0 atom stereocenters. The number of hydrogen-bond donors (Lipinski definition) is 1. The number of carbonyl (C=O) groups excluding carboxylic acids is 1. The number of aromatic nitrogens is 1. The van der Waals surface area contributed by atoms with Crippen LogP contribution >= 0.6 is 15.9 Å². The minimum atomic E-state index is -0.0980. The maximum Gasteiger partial charge on any atom is 0.256 e. The van der Waals surface area contributed by atoms with E-state index in [9.17, 15) is 4.79 Å². The molecule has 3 nitrogen and oxygen atoms in total. The second kappa shape index (κ2) is 5.53. The van der Waals surface area contributed by atoms with Gasteiger partial charge in [0.1, 0.15) is 4.60 Å². The predicted octanol–water partition coefficient (Wildman–Crippen LogP) is 4.02.